The second-order valence-corrected chi connectivity index (χ2v) is 5.66. The highest BCUT2D eigenvalue weighted by Gasteiger charge is 2.26. The molecule has 1 aromatic rings. The van der Waals surface area contributed by atoms with Crippen LogP contribution in [0.5, 0.6) is 0 Å². The Bertz CT molecular complexity index is 363. The van der Waals surface area contributed by atoms with Crippen LogP contribution in [0.4, 0.5) is 0 Å². The maximum absolute atomic E-state index is 6.27. The van der Waals surface area contributed by atoms with Gasteiger partial charge in [-0.25, -0.2) is 0 Å². The first-order chi connectivity index (χ1) is 8.08. The monoisotopic (exact) mass is 272 g/mol. The van der Waals surface area contributed by atoms with E-state index in [4.69, 9.17) is 28.9 Å². The van der Waals surface area contributed by atoms with Crippen molar-refractivity contribution in [3.8, 4) is 0 Å². The fraction of sp³-hybridized carbons (Fsp3) is 0.538. The zero-order valence-corrected chi connectivity index (χ0v) is 11.5. The van der Waals surface area contributed by atoms with Crippen molar-refractivity contribution in [2.45, 2.75) is 31.3 Å². The molecular formula is C13H18Cl2N2. The zero-order valence-electron chi connectivity index (χ0n) is 10.00. The Kier molecular flexibility index (Phi) is 4.31. The molecule has 94 valence electrons. The number of nitrogens with zero attached hydrogens (tertiary/aromatic N) is 1. The van der Waals surface area contributed by atoms with E-state index in [0.29, 0.717) is 10.0 Å². The van der Waals surface area contributed by atoms with Crippen LogP contribution >= 0.6 is 23.2 Å². The molecule has 2 atom stereocenters. The van der Waals surface area contributed by atoms with E-state index < -0.39 is 0 Å². The predicted molar refractivity (Wildman–Crippen MR) is 73.7 cm³/mol. The van der Waals surface area contributed by atoms with Crippen molar-refractivity contribution in [1.82, 2.24) is 4.90 Å². The van der Waals surface area contributed by atoms with Crippen LogP contribution in [0.3, 0.4) is 0 Å². The summed E-state index contributed by atoms with van der Waals surface area (Å²) in [4.78, 5) is 2.31. The van der Waals surface area contributed by atoms with E-state index in [1.54, 1.807) is 6.07 Å². The summed E-state index contributed by atoms with van der Waals surface area (Å²) in [6.45, 7) is 1.07. The fourth-order valence-electron chi connectivity index (χ4n) is 2.61. The molecule has 1 aromatic carbocycles. The van der Waals surface area contributed by atoms with Gasteiger partial charge in [0.25, 0.3) is 0 Å². The first-order valence-electron chi connectivity index (χ1n) is 6.00. The lowest BCUT2D eigenvalue weighted by molar-refractivity contribution is 0.230. The molecule has 1 fully saturated rings. The molecule has 2 unspecified atom stereocenters. The number of benzene rings is 1. The summed E-state index contributed by atoms with van der Waals surface area (Å²) in [6.07, 6.45) is 3.45. The molecular weight excluding hydrogens is 255 g/mol. The van der Waals surface area contributed by atoms with Crippen LogP contribution in [0.1, 0.15) is 30.9 Å². The maximum atomic E-state index is 6.27. The third kappa shape index (κ3) is 3.14. The van der Waals surface area contributed by atoms with Gasteiger partial charge in [0.1, 0.15) is 0 Å². The van der Waals surface area contributed by atoms with E-state index >= 15 is 0 Å². The van der Waals surface area contributed by atoms with Crippen molar-refractivity contribution >= 4 is 23.2 Å². The third-order valence-corrected chi connectivity index (χ3v) is 3.84. The van der Waals surface area contributed by atoms with Crippen molar-refractivity contribution in [1.29, 1.82) is 0 Å². The van der Waals surface area contributed by atoms with Crippen LogP contribution in [0.15, 0.2) is 18.2 Å². The lowest BCUT2D eigenvalue weighted by Gasteiger charge is -2.30. The summed E-state index contributed by atoms with van der Waals surface area (Å²) >= 11 is 12.1. The number of likely N-dealkylation sites (N-methyl/N-ethyl adjacent to an activating group) is 1. The van der Waals surface area contributed by atoms with Gasteiger partial charge in [-0.3, -0.25) is 4.90 Å². The molecule has 0 spiro atoms. The molecule has 2 nitrogen and oxygen atoms in total. The van der Waals surface area contributed by atoms with Crippen LogP contribution in [-0.4, -0.2) is 24.5 Å². The summed E-state index contributed by atoms with van der Waals surface area (Å²) in [5, 5.41) is 1.36. The number of nitrogens with two attached hydrogens (primary N) is 1. The van der Waals surface area contributed by atoms with Crippen LogP contribution < -0.4 is 5.73 Å². The van der Waals surface area contributed by atoms with E-state index in [-0.39, 0.29) is 12.1 Å². The average molecular weight is 273 g/mol. The van der Waals surface area contributed by atoms with Gasteiger partial charge in [0.2, 0.25) is 0 Å². The van der Waals surface area contributed by atoms with E-state index in [1.165, 1.54) is 12.8 Å². The molecule has 17 heavy (non-hydrogen) atoms. The average Bonchev–Trinajstić information content (AvgIpc) is 2.38. The Morgan fingerprint density at radius 3 is 2.47 bits per heavy atom. The highest BCUT2D eigenvalue weighted by atomic mass is 35.5. The Hall–Kier alpha value is -0.280. The van der Waals surface area contributed by atoms with Gasteiger partial charge in [-0.1, -0.05) is 29.6 Å². The van der Waals surface area contributed by atoms with Gasteiger partial charge in [0.05, 0.1) is 0 Å². The van der Waals surface area contributed by atoms with Gasteiger partial charge >= 0.3 is 0 Å². The fourth-order valence-corrected chi connectivity index (χ4v) is 3.16. The Balaban J connectivity index is 2.34. The largest absolute Gasteiger partial charge is 0.326 e. The van der Waals surface area contributed by atoms with E-state index in [0.717, 1.165) is 18.5 Å². The zero-order chi connectivity index (χ0) is 12.4. The smallest absolute Gasteiger partial charge is 0.0497 e. The maximum Gasteiger partial charge on any atom is 0.0497 e. The van der Waals surface area contributed by atoms with Crippen molar-refractivity contribution in [2.75, 3.05) is 13.6 Å². The van der Waals surface area contributed by atoms with Crippen molar-refractivity contribution in [3.05, 3.63) is 33.8 Å². The summed E-state index contributed by atoms with van der Waals surface area (Å²) in [6, 6.07) is 6.07. The first kappa shape index (κ1) is 13.2. The van der Waals surface area contributed by atoms with Gasteiger partial charge in [0, 0.05) is 22.1 Å². The Morgan fingerprint density at radius 1 is 1.18 bits per heavy atom. The minimum absolute atomic E-state index is 0.150. The molecule has 0 bridgehead atoms. The van der Waals surface area contributed by atoms with Gasteiger partial charge in [-0.2, -0.15) is 0 Å². The van der Waals surface area contributed by atoms with Gasteiger partial charge in [-0.05, 0) is 50.2 Å². The molecule has 0 aromatic heterocycles. The summed E-state index contributed by atoms with van der Waals surface area (Å²) in [5.41, 5.74) is 7.40. The van der Waals surface area contributed by atoms with E-state index in [9.17, 15) is 0 Å². The molecule has 2 rings (SSSR count). The molecule has 0 aliphatic carbocycles. The van der Waals surface area contributed by atoms with Crippen LogP contribution in [0, 0.1) is 0 Å². The predicted octanol–water partition coefficient (Wildman–Crippen LogP) is 3.48. The normalized spacial score (nSPS) is 26.8. The number of likely N-dealkylation sites (tertiary alicyclic amines) is 1. The van der Waals surface area contributed by atoms with Crippen molar-refractivity contribution < 1.29 is 0 Å². The lowest BCUT2D eigenvalue weighted by atomic mass is 9.97. The van der Waals surface area contributed by atoms with Gasteiger partial charge in [-0.15, -0.1) is 0 Å². The molecule has 0 amide bonds. The Labute approximate surface area is 113 Å². The van der Waals surface area contributed by atoms with Crippen molar-refractivity contribution in [3.63, 3.8) is 0 Å². The quantitative estimate of drug-likeness (QED) is 0.848. The topological polar surface area (TPSA) is 29.3 Å². The molecule has 1 aliphatic heterocycles. The number of rotatable bonds is 1. The SMILES string of the molecule is CN1CCCCC(N)C1c1cc(Cl)cc(Cl)c1. The second kappa shape index (κ2) is 5.57. The minimum atomic E-state index is 0.150. The van der Waals surface area contributed by atoms with Crippen LogP contribution in [0.2, 0.25) is 10.0 Å². The highest BCUT2D eigenvalue weighted by Crippen LogP contribution is 2.31. The molecule has 4 heteroatoms. The minimum Gasteiger partial charge on any atom is -0.326 e. The third-order valence-electron chi connectivity index (χ3n) is 3.41. The molecule has 1 heterocycles. The standard InChI is InChI=1S/C13H18Cl2N2/c1-17-5-3-2-4-12(16)13(17)9-6-10(14)8-11(15)7-9/h6-8,12-13H,2-5,16H2,1H3. The van der Waals surface area contributed by atoms with Crippen LogP contribution in [0.25, 0.3) is 0 Å². The van der Waals surface area contributed by atoms with Crippen molar-refractivity contribution in [2.24, 2.45) is 5.73 Å². The van der Waals surface area contributed by atoms with Gasteiger partial charge in [0.15, 0.2) is 0 Å². The van der Waals surface area contributed by atoms with Crippen LogP contribution in [-0.2, 0) is 0 Å². The molecule has 1 saturated heterocycles. The van der Waals surface area contributed by atoms with E-state index in [2.05, 4.69) is 11.9 Å². The molecule has 0 saturated carbocycles. The molecule has 1 aliphatic rings. The first-order valence-corrected chi connectivity index (χ1v) is 6.75. The molecule has 2 N–H and O–H groups in total. The second-order valence-electron chi connectivity index (χ2n) is 4.79. The number of hydrogen-bond acceptors (Lipinski definition) is 2. The van der Waals surface area contributed by atoms with Gasteiger partial charge < -0.3 is 5.73 Å². The summed E-state index contributed by atoms with van der Waals surface area (Å²) in [7, 11) is 2.12. The number of hydrogen-bond donors (Lipinski definition) is 1. The molecule has 0 radical (unpaired) electrons. The number of halogens is 2. The lowest BCUT2D eigenvalue weighted by Crippen LogP contribution is -2.37. The Morgan fingerprint density at radius 2 is 1.82 bits per heavy atom. The summed E-state index contributed by atoms with van der Waals surface area (Å²) in [5.74, 6) is 0. The summed E-state index contributed by atoms with van der Waals surface area (Å²) < 4.78 is 0. The van der Waals surface area contributed by atoms with E-state index in [1.807, 2.05) is 12.1 Å². The highest BCUT2D eigenvalue weighted by molar-refractivity contribution is 6.34.